The molecule has 1 N–H and O–H groups in total. The van der Waals surface area contributed by atoms with E-state index in [1.54, 1.807) is 0 Å². The molecule has 0 heterocycles. The molecule has 1 fully saturated rings. The molecule has 0 unspecified atom stereocenters. The molecule has 1 rings (SSSR count). The summed E-state index contributed by atoms with van der Waals surface area (Å²) in [7, 11) is 2.13. The number of rotatable bonds is 4. The van der Waals surface area contributed by atoms with Gasteiger partial charge in [0.1, 0.15) is 0 Å². The van der Waals surface area contributed by atoms with Crippen LogP contribution in [0.3, 0.4) is 0 Å². The van der Waals surface area contributed by atoms with Crippen LogP contribution >= 0.6 is 0 Å². The molecule has 0 amide bonds. The third-order valence-corrected chi connectivity index (χ3v) is 3.14. The van der Waals surface area contributed by atoms with Crippen LogP contribution in [0.5, 0.6) is 0 Å². The molecule has 12 heavy (non-hydrogen) atoms. The minimum absolute atomic E-state index is 0.241. The molecule has 0 spiro atoms. The Kier molecular flexibility index (Phi) is 3.53. The molecule has 0 aliphatic heterocycles. The van der Waals surface area contributed by atoms with E-state index in [-0.39, 0.29) is 5.41 Å². The van der Waals surface area contributed by atoms with E-state index in [2.05, 4.69) is 18.9 Å². The lowest BCUT2D eigenvalue weighted by Crippen LogP contribution is -2.36. The second-order valence-corrected chi connectivity index (χ2v) is 4.20. The molecule has 1 saturated carbocycles. The van der Waals surface area contributed by atoms with Crippen molar-refractivity contribution in [3.05, 3.63) is 0 Å². The molecule has 0 bridgehead atoms. The van der Waals surface area contributed by atoms with Gasteiger partial charge in [-0.3, -0.25) is 0 Å². The Morgan fingerprint density at radius 3 is 2.33 bits per heavy atom. The maximum Gasteiger partial charge on any atom is 0.0499 e. The predicted octanol–water partition coefficient (Wildman–Crippen LogP) is 1.49. The Morgan fingerprint density at radius 1 is 1.33 bits per heavy atom. The summed E-state index contributed by atoms with van der Waals surface area (Å²) < 4.78 is 0. The Bertz CT molecular complexity index is 130. The average Bonchev–Trinajstić information content (AvgIpc) is 2.54. The molecule has 1 aliphatic rings. The maximum atomic E-state index is 9.33. The van der Waals surface area contributed by atoms with Crippen LogP contribution in [0.25, 0.3) is 0 Å². The average molecular weight is 171 g/mol. The molecule has 2 nitrogen and oxygen atoms in total. The smallest absolute Gasteiger partial charge is 0.0499 e. The van der Waals surface area contributed by atoms with E-state index < -0.39 is 0 Å². The van der Waals surface area contributed by atoms with E-state index in [0.29, 0.717) is 6.61 Å². The van der Waals surface area contributed by atoms with Gasteiger partial charge >= 0.3 is 0 Å². The summed E-state index contributed by atoms with van der Waals surface area (Å²) in [4.78, 5) is 2.31. The zero-order valence-corrected chi connectivity index (χ0v) is 8.34. The van der Waals surface area contributed by atoms with Crippen LogP contribution in [0.2, 0.25) is 0 Å². The first-order valence-corrected chi connectivity index (χ1v) is 5.02. The first-order valence-electron chi connectivity index (χ1n) is 5.02. The lowest BCUT2D eigenvalue weighted by atomic mass is 9.87. The first kappa shape index (κ1) is 10.0. The van der Waals surface area contributed by atoms with Crippen LogP contribution in [0.15, 0.2) is 0 Å². The third kappa shape index (κ3) is 2.20. The normalized spacial score (nSPS) is 22.0. The SMILES string of the molecule is CCN(C)CC1(CO)CCCC1. The lowest BCUT2D eigenvalue weighted by molar-refractivity contribution is 0.0910. The molecule has 2 heteroatoms. The highest BCUT2D eigenvalue weighted by Gasteiger charge is 2.33. The van der Waals surface area contributed by atoms with Gasteiger partial charge in [0.25, 0.3) is 0 Å². The standard InChI is InChI=1S/C10H21NO/c1-3-11(2)8-10(9-12)6-4-5-7-10/h12H,3-9H2,1-2H3. The van der Waals surface area contributed by atoms with Crippen molar-refractivity contribution in [2.45, 2.75) is 32.6 Å². The number of nitrogens with zero attached hydrogens (tertiary/aromatic N) is 1. The van der Waals surface area contributed by atoms with Crippen molar-refractivity contribution < 1.29 is 5.11 Å². The van der Waals surface area contributed by atoms with E-state index in [9.17, 15) is 5.11 Å². The highest BCUT2D eigenvalue weighted by molar-refractivity contribution is 4.86. The summed E-state index contributed by atoms with van der Waals surface area (Å²) in [6, 6.07) is 0. The molecular formula is C10H21NO. The fraction of sp³-hybridized carbons (Fsp3) is 1.00. The van der Waals surface area contributed by atoms with E-state index in [1.807, 2.05) is 0 Å². The van der Waals surface area contributed by atoms with E-state index >= 15 is 0 Å². The largest absolute Gasteiger partial charge is 0.396 e. The molecule has 1 aliphatic carbocycles. The van der Waals surface area contributed by atoms with Crippen molar-refractivity contribution in [1.29, 1.82) is 0 Å². The fourth-order valence-electron chi connectivity index (χ4n) is 2.18. The van der Waals surface area contributed by atoms with Gasteiger partial charge in [0, 0.05) is 18.6 Å². The molecule has 0 aromatic carbocycles. The van der Waals surface area contributed by atoms with Crippen molar-refractivity contribution >= 4 is 0 Å². The van der Waals surface area contributed by atoms with Gasteiger partial charge in [-0.05, 0) is 26.4 Å². The van der Waals surface area contributed by atoms with E-state index in [0.717, 1.165) is 13.1 Å². The van der Waals surface area contributed by atoms with E-state index in [4.69, 9.17) is 0 Å². The summed E-state index contributed by atoms with van der Waals surface area (Å²) in [6.07, 6.45) is 5.04. The quantitative estimate of drug-likeness (QED) is 0.692. The number of hydrogen-bond donors (Lipinski definition) is 1. The molecule has 72 valence electrons. The van der Waals surface area contributed by atoms with Crippen LogP contribution in [0.1, 0.15) is 32.6 Å². The summed E-state index contributed by atoms with van der Waals surface area (Å²) >= 11 is 0. The van der Waals surface area contributed by atoms with Crippen molar-refractivity contribution in [2.75, 3.05) is 26.7 Å². The summed E-state index contributed by atoms with van der Waals surface area (Å²) in [5.74, 6) is 0. The van der Waals surface area contributed by atoms with Gasteiger partial charge in [-0.1, -0.05) is 19.8 Å². The lowest BCUT2D eigenvalue weighted by Gasteiger charge is -2.31. The molecule has 0 radical (unpaired) electrons. The number of aliphatic hydroxyl groups is 1. The Hall–Kier alpha value is -0.0800. The fourth-order valence-corrected chi connectivity index (χ4v) is 2.18. The van der Waals surface area contributed by atoms with Crippen molar-refractivity contribution in [1.82, 2.24) is 4.90 Å². The topological polar surface area (TPSA) is 23.5 Å². The van der Waals surface area contributed by atoms with Crippen molar-refractivity contribution in [3.8, 4) is 0 Å². The van der Waals surface area contributed by atoms with Crippen LogP contribution in [0, 0.1) is 5.41 Å². The van der Waals surface area contributed by atoms with Crippen LogP contribution in [-0.4, -0.2) is 36.8 Å². The molecular weight excluding hydrogens is 150 g/mol. The van der Waals surface area contributed by atoms with Crippen LogP contribution in [0.4, 0.5) is 0 Å². The van der Waals surface area contributed by atoms with Crippen molar-refractivity contribution in [2.24, 2.45) is 5.41 Å². The monoisotopic (exact) mass is 171 g/mol. The molecule has 0 aromatic rings. The maximum absolute atomic E-state index is 9.33. The Morgan fingerprint density at radius 2 is 1.92 bits per heavy atom. The Labute approximate surface area is 75.6 Å². The van der Waals surface area contributed by atoms with E-state index in [1.165, 1.54) is 25.7 Å². The number of aliphatic hydroxyl groups excluding tert-OH is 1. The number of hydrogen-bond acceptors (Lipinski definition) is 2. The van der Waals surface area contributed by atoms with Gasteiger partial charge < -0.3 is 10.0 Å². The second kappa shape index (κ2) is 4.24. The zero-order chi connectivity index (χ0) is 9.03. The highest BCUT2D eigenvalue weighted by atomic mass is 16.3. The van der Waals surface area contributed by atoms with Gasteiger partial charge in [0.05, 0.1) is 0 Å². The van der Waals surface area contributed by atoms with Gasteiger partial charge in [0.15, 0.2) is 0 Å². The Balaban J connectivity index is 2.43. The minimum Gasteiger partial charge on any atom is -0.396 e. The molecule has 0 aromatic heterocycles. The first-order chi connectivity index (χ1) is 5.72. The predicted molar refractivity (Wildman–Crippen MR) is 51.2 cm³/mol. The van der Waals surface area contributed by atoms with Gasteiger partial charge in [0.2, 0.25) is 0 Å². The van der Waals surface area contributed by atoms with Crippen LogP contribution < -0.4 is 0 Å². The third-order valence-electron chi connectivity index (χ3n) is 3.14. The zero-order valence-electron chi connectivity index (χ0n) is 8.34. The second-order valence-electron chi connectivity index (χ2n) is 4.20. The van der Waals surface area contributed by atoms with Gasteiger partial charge in [-0.2, -0.15) is 0 Å². The highest BCUT2D eigenvalue weighted by Crippen LogP contribution is 2.37. The molecule has 0 atom stereocenters. The van der Waals surface area contributed by atoms with Gasteiger partial charge in [-0.15, -0.1) is 0 Å². The van der Waals surface area contributed by atoms with Gasteiger partial charge in [-0.25, -0.2) is 0 Å². The molecule has 0 saturated heterocycles. The minimum atomic E-state index is 0.241. The summed E-state index contributed by atoms with van der Waals surface area (Å²) in [5.41, 5.74) is 0.241. The summed E-state index contributed by atoms with van der Waals surface area (Å²) in [6.45, 7) is 4.69. The van der Waals surface area contributed by atoms with Crippen LogP contribution in [-0.2, 0) is 0 Å². The van der Waals surface area contributed by atoms with Crippen molar-refractivity contribution in [3.63, 3.8) is 0 Å². The summed E-state index contributed by atoms with van der Waals surface area (Å²) in [5, 5.41) is 9.33.